The number of hydrogen-bond acceptors (Lipinski definition) is 4. The Morgan fingerprint density at radius 2 is 1.71 bits per heavy atom. The third-order valence-corrected chi connectivity index (χ3v) is 5.00. The van der Waals surface area contributed by atoms with Crippen LogP contribution in [0.2, 0.25) is 0 Å². The van der Waals surface area contributed by atoms with Crippen LogP contribution in [0.1, 0.15) is 16.8 Å². The maximum Gasteiger partial charge on any atom is 0.251 e. The molecule has 0 unspecified atom stereocenters. The van der Waals surface area contributed by atoms with E-state index in [0.29, 0.717) is 11.4 Å². The molecule has 0 fully saturated rings. The van der Waals surface area contributed by atoms with Gasteiger partial charge in [-0.2, -0.15) is 0 Å². The molecule has 4 aromatic rings. The number of benzene rings is 2. The lowest BCUT2D eigenvalue weighted by atomic mass is 10.1. The smallest absolute Gasteiger partial charge is 0.251 e. The molecule has 7 heteroatoms. The summed E-state index contributed by atoms with van der Waals surface area (Å²) >= 11 is 1.51. The molecule has 0 radical (unpaired) electrons. The average Bonchev–Trinajstić information content (AvgIpc) is 3.32. The molecular formula is C21H18N4O2S. The van der Waals surface area contributed by atoms with Gasteiger partial charge >= 0.3 is 0 Å². The molecule has 0 saturated carbocycles. The minimum atomic E-state index is -0.192. The highest BCUT2D eigenvalue weighted by molar-refractivity contribution is 7.15. The Hall–Kier alpha value is -3.45. The van der Waals surface area contributed by atoms with Crippen LogP contribution in [0.3, 0.4) is 0 Å². The lowest BCUT2D eigenvalue weighted by Gasteiger charge is -2.08. The van der Waals surface area contributed by atoms with E-state index in [-0.39, 0.29) is 24.8 Å². The molecular weight excluding hydrogens is 372 g/mol. The number of imidazole rings is 1. The Kier molecular flexibility index (Phi) is 5.16. The number of carbonyl (C=O) groups excluding carboxylic acids is 2. The lowest BCUT2D eigenvalue weighted by molar-refractivity contribution is -0.116. The zero-order chi connectivity index (χ0) is 19.3. The largest absolute Gasteiger partial charge is 0.352 e. The molecule has 0 bridgehead atoms. The summed E-state index contributed by atoms with van der Waals surface area (Å²) in [6.07, 6.45) is 2.05. The molecule has 4 rings (SSSR count). The number of anilines is 1. The number of hydrogen-bond donors (Lipinski definition) is 2. The number of nitrogens with one attached hydrogen (secondary N) is 2. The standard InChI is InChI=1S/C21H18N4O2S/c26-17(11-12-22-20(27)16-9-5-2-6-10-16)23-19-18(15-7-3-1-4-8-15)24-21-25(19)13-14-28-21/h1-10,13-14H,11-12H2,(H,22,27)(H,23,26). The second kappa shape index (κ2) is 8.06. The van der Waals surface area contributed by atoms with Crippen molar-refractivity contribution >= 4 is 33.9 Å². The van der Waals surface area contributed by atoms with Crippen molar-refractivity contribution in [3.05, 3.63) is 77.8 Å². The van der Waals surface area contributed by atoms with Crippen molar-refractivity contribution < 1.29 is 9.59 Å². The van der Waals surface area contributed by atoms with Crippen molar-refractivity contribution in [3.63, 3.8) is 0 Å². The van der Waals surface area contributed by atoms with Crippen LogP contribution in [0.5, 0.6) is 0 Å². The van der Waals surface area contributed by atoms with Gasteiger partial charge in [-0.05, 0) is 12.1 Å². The van der Waals surface area contributed by atoms with E-state index in [2.05, 4.69) is 15.6 Å². The molecule has 28 heavy (non-hydrogen) atoms. The van der Waals surface area contributed by atoms with Crippen LogP contribution >= 0.6 is 11.3 Å². The van der Waals surface area contributed by atoms with Crippen LogP contribution in [0.15, 0.2) is 72.2 Å². The molecule has 0 aliphatic rings. The van der Waals surface area contributed by atoms with Crippen LogP contribution in [0.4, 0.5) is 5.82 Å². The Labute approximate surface area is 165 Å². The van der Waals surface area contributed by atoms with Gasteiger partial charge in [-0.3, -0.25) is 14.0 Å². The molecule has 2 N–H and O–H groups in total. The zero-order valence-corrected chi connectivity index (χ0v) is 15.8. The van der Waals surface area contributed by atoms with Crippen molar-refractivity contribution in [2.75, 3.05) is 11.9 Å². The van der Waals surface area contributed by atoms with Crippen molar-refractivity contribution in [2.24, 2.45) is 0 Å². The highest BCUT2D eigenvalue weighted by atomic mass is 32.1. The SMILES string of the molecule is O=C(CCNC(=O)c1ccccc1)Nc1c(-c2ccccc2)nc2sccn12. The summed E-state index contributed by atoms with van der Waals surface area (Å²) in [5.41, 5.74) is 2.24. The van der Waals surface area contributed by atoms with E-state index in [1.807, 2.05) is 52.4 Å². The van der Waals surface area contributed by atoms with Gasteiger partial charge < -0.3 is 10.6 Å². The van der Waals surface area contributed by atoms with Gasteiger partial charge in [0.15, 0.2) is 4.96 Å². The van der Waals surface area contributed by atoms with E-state index in [4.69, 9.17) is 0 Å². The number of carbonyl (C=O) groups is 2. The van der Waals surface area contributed by atoms with Crippen molar-refractivity contribution in [2.45, 2.75) is 6.42 Å². The molecule has 0 aliphatic carbocycles. The van der Waals surface area contributed by atoms with E-state index in [9.17, 15) is 9.59 Å². The van der Waals surface area contributed by atoms with E-state index in [1.54, 1.807) is 24.3 Å². The van der Waals surface area contributed by atoms with Gasteiger partial charge in [0.05, 0.1) is 0 Å². The van der Waals surface area contributed by atoms with Crippen molar-refractivity contribution in [3.8, 4) is 11.3 Å². The minimum absolute atomic E-state index is 0.171. The fourth-order valence-corrected chi connectivity index (χ4v) is 3.59. The molecule has 2 aromatic carbocycles. The third kappa shape index (κ3) is 3.79. The van der Waals surface area contributed by atoms with E-state index < -0.39 is 0 Å². The summed E-state index contributed by atoms with van der Waals surface area (Å²) in [6.45, 7) is 0.256. The normalized spacial score (nSPS) is 10.7. The van der Waals surface area contributed by atoms with Crippen LogP contribution in [-0.4, -0.2) is 27.7 Å². The maximum absolute atomic E-state index is 12.5. The Morgan fingerprint density at radius 3 is 2.46 bits per heavy atom. The molecule has 2 aromatic heterocycles. The van der Waals surface area contributed by atoms with Gasteiger partial charge in [0, 0.05) is 35.7 Å². The van der Waals surface area contributed by atoms with Crippen molar-refractivity contribution in [1.82, 2.24) is 14.7 Å². The average molecular weight is 390 g/mol. The first kappa shape index (κ1) is 17.9. The minimum Gasteiger partial charge on any atom is -0.352 e. The predicted octanol–water partition coefficient (Wildman–Crippen LogP) is 3.82. The Bertz CT molecular complexity index is 1100. The van der Waals surface area contributed by atoms with Gasteiger partial charge in [0.1, 0.15) is 11.5 Å². The van der Waals surface area contributed by atoms with Crippen LogP contribution < -0.4 is 10.6 Å². The number of aromatic nitrogens is 2. The quantitative estimate of drug-likeness (QED) is 0.525. The predicted molar refractivity (Wildman–Crippen MR) is 111 cm³/mol. The third-order valence-electron chi connectivity index (χ3n) is 4.24. The molecule has 0 saturated heterocycles. The van der Waals surface area contributed by atoms with Crippen LogP contribution in [0.25, 0.3) is 16.2 Å². The summed E-state index contributed by atoms with van der Waals surface area (Å²) in [6, 6.07) is 18.7. The molecule has 0 atom stereocenters. The van der Waals surface area contributed by atoms with E-state index in [0.717, 1.165) is 16.2 Å². The van der Waals surface area contributed by atoms with E-state index >= 15 is 0 Å². The van der Waals surface area contributed by atoms with Gasteiger partial charge in [-0.1, -0.05) is 48.5 Å². The molecule has 140 valence electrons. The second-order valence-electron chi connectivity index (χ2n) is 6.15. The van der Waals surface area contributed by atoms with Gasteiger partial charge in [0.25, 0.3) is 5.91 Å². The highest BCUT2D eigenvalue weighted by Crippen LogP contribution is 2.30. The first-order chi connectivity index (χ1) is 13.7. The monoisotopic (exact) mass is 390 g/mol. The van der Waals surface area contributed by atoms with Gasteiger partial charge in [-0.15, -0.1) is 11.3 Å². The van der Waals surface area contributed by atoms with Crippen LogP contribution in [0, 0.1) is 0 Å². The van der Waals surface area contributed by atoms with E-state index in [1.165, 1.54) is 11.3 Å². The zero-order valence-electron chi connectivity index (χ0n) is 15.0. The molecule has 2 heterocycles. The number of amides is 2. The second-order valence-corrected chi connectivity index (χ2v) is 7.02. The first-order valence-electron chi connectivity index (χ1n) is 8.86. The Morgan fingerprint density at radius 1 is 1.00 bits per heavy atom. The first-order valence-corrected chi connectivity index (χ1v) is 9.74. The molecule has 0 spiro atoms. The maximum atomic E-state index is 12.5. The van der Waals surface area contributed by atoms with Crippen LogP contribution in [-0.2, 0) is 4.79 Å². The van der Waals surface area contributed by atoms with Crippen molar-refractivity contribution in [1.29, 1.82) is 0 Å². The number of fused-ring (bicyclic) bond motifs is 1. The molecule has 6 nitrogen and oxygen atoms in total. The lowest BCUT2D eigenvalue weighted by Crippen LogP contribution is -2.27. The summed E-state index contributed by atoms with van der Waals surface area (Å²) in [4.78, 5) is 30.0. The fraction of sp³-hybridized carbons (Fsp3) is 0.0952. The summed E-state index contributed by atoms with van der Waals surface area (Å²) < 4.78 is 1.87. The summed E-state index contributed by atoms with van der Waals surface area (Å²) in [5.74, 6) is 0.267. The topological polar surface area (TPSA) is 75.5 Å². The molecule has 0 aliphatic heterocycles. The number of rotatable bonds is 6. The Balaban J connectivity index is 1.44. The number of thiazole rings is 1. The van der Waals surface area contributed by atoms with Gasteiger partial charge in [0.2, 0.25) is 5.91 Å². The summed E-state index contributed by atoms with van der Waals surface area (Å²) in [5, 5.41) is 7.64. The summed E-state index contributed by atoms with van der Waals surface area (Å²) in [7, 11) is 0. The fourth-order valence-electron chi connectivity index (χ4n) is 2.88. The number of nitrogens with zero attached hydrogens (tertiary/aromatic N) is 2. The highest BCUT2D eigenvalue weighted by Gasteiger charge is 2.17. The molecule has 2 amide bonds. The van der Waals surface area contributed by atoms with Gasteiger partial charge in [-0.25, -0.2) is 4.98 Å².